The Kier molecular flexibility index (Phi) is 3.16. The zero-order valence-corrected chi connectivity index (χ0v) is 13.7. The zero-order chi connectivity index (χ0) is 15.3. The van der Waals surface area contributed by atoms with E-state index in [0.717, 1.165) is 14.7 Å². The molecule has 0 radical (unpaired) electrons. The normalized spacial score (nSPS) is 17.3. The molecule has 0 bridgehead atoms. The van der Waals surface area contributed by atoms with Gasteiger partial charge in [-0.1, -0.05) is 12.1 Å². The summed E-state index contributed by atoms with van der Waals surface area (Å²) in [5.41, 5.74) is 1.01. The number of aromatic amines is 1. The van der Waals surface area contributed by atoms with Crippen molar-refractivity contribution in [1.82, 2.24) is 4.98 Å². The Labute approximate surface area is 137 Å². The number of benzene rings is 1. The third kappa shape index (κ3) is 2.10. The summed E-state index contributed by atoms with van der Waals surface area (Å²) in [6, 6.07) is 9.30. The van der Waals surface area contributed by atoms with Gasteiger partial charge in [-0.05, 0) is 34.1 Å². The first-order valence-electron chi connectivity index (χ1n) is 6.73. The molecule has 1 aliphatic rings. The molecule has 3 aromatic rings. The Hall–Kier alpha value is -1.92. The van der Waals surface area contributed by atoms with E-state index in [-0.39, 0.29) is 23.9 Å². The predicted molar refractivity (Wildman–Crippen MR) is 88.7 cm³/mol. The molecule has 0 fully saturated rings. The monoisotopic (exact) mass is 375 g/mol. The van der Waals surface area contributed by atoms with E-state index in [1.54, 1.807) is 6.07 Å². The number of para-hydroxylation sites is 1. The molecule has 1 N–H and O–H groups in total. The van der Waals surface area contributed by atoms with E-state index in [9.17, 15) is 9.59 Å². The van der Waals surface area contributed by atoms with Crippen molar-refractivity contribution in [3.63, 3.8) is 0 Å². The lowest BCUT2D eigenvalue weighted by atomic mass is 9.91. The molecular weight excluding hydrogens is 366 g/mol. The summed E-state index contributed by atoms with van der Waals surface area (Å²) >= 11 is 4.95. The molecule has 22 heavy (non-hydrogen) atoms. The molecule has 110 valence electrons. The van der Waals surface area contributed by atoms with Gasteiger partial charge in [-0.15, -0.1) is 11.3 Å². The van der Waals surface area contributed by atoms with E-state index in [0.29, 0.717) is 16.8 Å². The first-order valence-corrected chi connectivity index (χ1v) is 8.40. The Morgan fingerprint density at radius 1 is 1.27 bits per heavy atom. The van der Waals surface area contributed by atoms with Gasteiger partial charge in [0.2, 0.25) is 0 Å². The summed E-state index contributed by atoms with van der Waals surface area (Å²) in [5.74, 6) is -0.177. The maximum Gasteiger partial charge on any atom is 0.312 e. The Morgan fingerprint density at radius 2 is 2.09 bits per heavy atom. The number of esters is 1. The molecule has 0 amide bonds. The average Bonchev–Trinajstić information content (AvgIpc) is 2.93. The van der Waals surface area contributed by atoms with Crippen LogP contribution in [0.2, 0.25) is 0 Å². The number of nitrogens with one attached hydrogen (secondary N) is 1. The van der Waals surface area contributed by atoms with Gasteiger partial charge in [-0.25, -0.2) is 0 Å². The van der Waals surface area contributed by atoms with Gasteiger partial charge in [0, 0.05) is 26.0 Å². The maximum atomic E-state index is 12.5. The van der Waals surface area contributed by atoms with Crippen molar-refractivity contribution in [1.29, 1.82) is 0 Å². The summed E-state index contributed by atoms with van der Waals surface area (Å²) < 4.78 is 6.37. The van der Waals surface area contributed by atoms with E-state index < -0.39 is 0 Å². The van der Waals surface area contributed by atoms with Gasteiger partial charge in [-0.2, -0.15) is 0 Å². The third-order valence-corrected chi connectivity index (χ3v) is 5.58. The highest BCUT2D eigenvalue weighted by Crippen LogP contribution is 2.42. The minimum absolute atomic E-state index is 0.182. The lowest BCUT2D eigenvalue weighted by Crippen LogP contribution is -2.27. The first-order chi connectivity index (χ1) is 10.6. The Morgan fingerprint density at radius 3 is 2.86 bits per heavy atom. The fourth-order valence-corrected chi connectivity index (χ4v) is 4.39. The summed E-state index contributed by atoms with van der Waals surface area (Å²) in [5, 5.41) is 2.70. The number of pyridine rings is 1. The van der Waals surface area contributed by atoms with Crippen molar-refractivity contribution in [2.24, 2.45) is 0 Å². The fourth-order valence-electron chi connectivity index (χ4n) is 2.83. The number of H-pyrrole nitrogens is 1. The zero-order valence-electron chi connectivity index (χ0n) is 11.3. The molecule has 3 heterocycles. The van der Waals surface area contributed by atoms with Gasteiger partial charge >= 0.3 is 5.97 Å². The van der Waals surface area contributed by atoms with Crippen LogP contribution in [0.1, 0.15) is 22.8 Å². The third-order valence-electron chi connectivity index (χ3n) is 3.78. The van der Waals surface area contributed by atoms with Crippen LogP contribution in [0.4, 0.5) is 0 Å². The number of carbonyl (C=O) groups is 1. The minimum atomic E-state index is -0.308. The smallest absolute Gasteiger partial charge is 0.312 e. The number of hydrogen-bond acceptors (Lipinski definition) is 4. The topological polar surface area (TPSA) is 59.2 Å². The second-order valence-corrected chi connectivity index (χ2v) is 7.00. The van der Waals surface area contributed by atoms with Gasteiger partial charge in [0.05, 0.1) is 17.5 Å². The van der Waals surface area contributed by atoms with Gasteiger partial charge in [0.15, 0.2) is 0 Å². The molecule has 0 saturated heterocycles. The molecule has 1 aliphatic heterocycles. The van der Waals surface area contributed by atoms with Crippen molar-refractivity contribution in [2.45, 2.75) is 12.3 Å². The number of hydrogen-bond donors (Lipinski definition) is 1. The van der Waals surface area contributed by atoms with Gasteiger partial charge < -0.3 is 9.72 Å². The number of thiophene rings is 1. The van der Waals surface area contributed by atoms with E-state index in [2.05, 4.69) is 20.9 Å². The van der Waals surface area contributed by atoms with Crippen molar-refractivity contribution < 1.29 is 9.53 Å². The van der Waals surface area contributed by atoms with Crippen LogP contribution in [0, 0.1) is 0 Å². The lowest BCUT2D eigenvalue weighted by Gasteiger charge is -2.23. The average molecular weight is 376 g/mol. The molecule has 6 heteroatoms. The summed E-state index contributed by atoms with van der Waals surface area (Å²) in [6.45, 7) is 0. The fraction of sp³-hybridized carbons (Fsp3) is 0.125. The standard InChI is InChI=1S/C16H10BrNO3S/c17-8-5-12(22-7-8)10-6-13(19)21-15-9-3-1-2-4-11(9)18-16(20)14(10)15/h1-5,7,10H,6H2,(H,18,20)/t10-/m1/s1. The van der Waals surface area contributed by atoms with Crippen molar-refractivity contribution in [3.8, 4) is 5.75 Å². The highest BCUT2D eigenvalue weighted by atomic mass is 79.9. The summed E-state index contributed by atoms with van der Waals surface area (Å²) in [4.78, 5) is 28.4. The minimum Gasteiger partial charge on any atom is -0.425 e. The largest absolute Gasteiger partial charge is 0.425 e. The molecular formula is C16H10BrNO3S. The van der Waals surface area contributed by atoms with Crippen molar-refractivity contribution in [2.75, 3.05) is 0 Å². The highest BCUT2D eigenvalue weighted by Gasteiger charge is 2.33. The second-order valence-electron chi connectivity index (χ2n) is 5.14. The Bertz CT molecular complexity index is 959. The molecule has 0 aliphatic carbocycles. The van der Waals surface area contributed by atoms with Crippen LogP contribution in [0.5, 0.6) is 5.75 Å². The van der Waals surface area contributed by atoms with Crippen LogP contribution in [0.15, 0.2) is 45.0 Å². The van der Waals surface area contributed by atoms with Gasteiger partial charge in [0.25, 0.3) is 5.56 Å². The number of halogens is 1. The van der Waals surface area contributed by atoms with Crippen molar-refractivity contribution in [3.05, 3.63) is 61.0 Å². The predicted octanol–water partition coefficient (Wildman–Crippen LogP) is 3.79. The second kappa shape index (κ2) is 5.07. The molecule has 4 rings (SSSR count). The van der Waals surface area contributed by atoms with Gasteiger partial charge in [-0.3, -0.25) is 9.59 Å². The van der Waals surface area contributed by atoms with Crippen LogP contribution in [0.25, 0.3) is 10.9 Å². The number of carbonyl (C=O) groups excluding carboxylic acids is 1. The first kappa shape index (κ1) is 13.7. The molecule has 0 saturated carbocycles. The van der Waals surface area contributed by atoms with E-state index in [1.807, 2.05) is 29.6 Å². The molecule has 4 nitrogen and oxygen atoms in total. The number of aromatic nitrogens is 1. The van der Waals surface area contributed by atoms with Crippen molar-refractivity contribution >= 4 is 44.1 Å². The summed E-state index contributed by atoms with van der Waals surface area (Å²) in [6.07, 6.45) is 0.182. The number of fused-ring (bicyclic) bond motifs is 3. The summed E-state index contributed by atoms with van der Waals surface area (Å²) in [7, 11) is 0. The van der Waals surface area contributed by atoms with E-state index in [4.69, 9.17) is 4.74 Å². The van der Waals surface area contributed by atoms with E-state index >= 15 is 0 Å². The number of rotatable bonds is 1. The number of ether oxygens (including phenoxy) is 1. The molecule has 0 unspecified atom stereocenters. The van der Waals surface area contributed by atoms with Crippen LogP contribution in [0.3, 0.4) is 0 Å². The molecule has 1 atom stereocenters. The quantitative estimate of drug-likeness (QED) is 0.658. The van der Waals surface area contributed by atoms with Crippen LogP contribution in [-0.4, -0.2) is 11.0 Å². The van der Waals surface area contributed by atoms with Crippen LogP contribution in [-0.2, 0) is 4.79 Å². The van der Waals surface area contributed by atoms with Crippen LogP contribution < -0.4 is 10.3 Å². The lowest BCUT2D eigenvalue weighted by molar-refractivity contribution is -0.135. The maximum absolute atomic E-state index is 12.5. The molecule has 2 aromatic heterocycles. The van der Waals surface area contributed by atoms with Crippen LogP contribution >= 0.6 is 27.3 Å². The highest BCUT2D eigenvalue weighted by molar-refractivity contribution is 9.10. The molecule has 0 spiro atoms. The molecule has 1 aromatic carbocycles. The van der Waals surface area contributed by atoms with E-state index in [1.165, 1.54) is 11.3 Å². The van der Waals surface area contributed by atoms with Gasteiger partial charge in [0.1, 0.15) is 5.75 Å². The SMILES string of the molecule is O=C1C[C@H](c2cc(Br)cs2)c2c(c3ccccc3[nH]c2=O)O1. The Balaban J connectivity index is 2.03.